The van der Waals surface area contributed by atoms with Crippen LogP contribution in [0.4, 0.5) is 11.4 Å². The summed E-state index contributed by atoms with van der Waals surface area (Å²) in [6, 6.07) is 26.4. The summed E-state index contributed by atoms with van der Waals surface area (Å²) in [5, 5.41) is 0. The molecule has 176 valence electrons. The molecule has 5 nitrogen and oxygen atoms in total. The molecule has 1 unspecified atom stereocenters. The van der Waals surface area contributed by atoms with E-state index in [0.717, 1.165) is 28.1 Å². The van der Waals surface area contributed by atoms with Gasteiger partial charge in [-0.1, -0.05) is 56.3 Å². The fourth-order valence-electron chi connectivity index (χ4n) is 4.62. The quantitative estimate of drug-likeness (QED) is 0.451. The molecular weight excluding hydrogens is 422 g/mol. The van der Waals surface area contributed by atoms with Crippen LogP contribution in [0.5, 0.6) is 0 Å². The molecule has 1 heterocycles. The van der Waals surface area contributed by atoms with Gasteiger partial charge in [0, 0.05) is 51.0 Å². The highest BCUT2D eigenvalue weighted by Gasteiger charge is 2.55. The molecule has 0 saturated heterocycles. The van der Waals surface area contributed by atoms with Crippen LogP contribution in [0.1, 0.15) is 36.5 Å². The number of nitrogens with zero attached hydrogens (tertiary/aromatic N) is 3. The van der Waals surface area contributed by atoms with E-state index in [4.69, 9.17) is 9.73 Å². The van der Waals surface area contributed by atoms with E-state index in [-0.39, 0.29) is 17.8 Å². The largest absolute Gasteiger partial charge is 0.405 e. The highest BCUT2D eigenvalue weighted by atomic mass is 16.6. The Morgan fingerprint density at radius 2 is 1.21 bits per heavy atom. The Bertz CT molecular complexity index is 1110. The Kier molecular flexibility index (Phi) is 6.47. The van der Waals surface area contributed by atoms with Crippen LogP contribution in [-0.2, 0) is 9.53 Å². The molecule has 5 heteroatoms. The number of aliphatic imine (C=N–C) groups is 1. The molecule has 0 N–H and O–H groups in total. The van der Waals surface area contributed by atoms with Gasteiger partial charge in [0.15, 0.2) is 5.54 Å². The second-order valence-corrected chi connectivity index (χ2v) is 9.56. The number of rotatable bonds is 7. The molecule has 1 aliphatic heterocycles. The topological polar surface area (TPSA) is 45.1 Å². The van der Waals surface area contributed by atoms with Gasteiger partial charge >= 0.3 is 5.97 Å². The normalized spacial score (nSPS) is 17.6. The van der Waals surface area contributed by atoms with Crippen molar-refractivity contribution in [3.63, 3.8) is 0 Å². The molecule has 0 saturated carbocycles. The van der Waals surface area contributed by atoms with E-state index in [2.05, 4.69) is 58.3 Å². The Balaban J connectivity index is 1.91. The third-order valence-corrected chi connectivity index (χ3v) is 6.63. The lowest BCUT2D eigenvalue weighted by Crippen LogP contribution is -2.46. The Hall–Kier alpha value is -3.60. The van der Waals surface area contributed by atoms with Crippen molar-refractivity contribution in [2.24, 2.45) is 10.9 Å². The maximum Gasteiger partial charge on any atom is 0.342 e. The minimum absolute atomic E-state index is 0.0896. The van der Waals surface area contributed by atoms with Gasteiger partial charge in [-0.2, -0.15) is 0 Å². The summed E-state index contributed by atoms with van der Waals surface area (Å²) in [7, 11) is 8.08. The van der Waals surface area contributed by atoms with E-state index in [1.807, 2.05) is 72.4 Å². The number of anilines is 2. The first-order valence-corrected chi connectivity index (χ1v) is 11.7. The van der Waals surface area contributed by atoms with Gasteiger partial charge < -0.3 is 14.5 Å². The number of carbonyl (C=O) groups is 1. The van der Waals surface area contributed by atoms with Gasteiger partial charge in [0.05, 0.1) is 0 Å². The van der Waals surface area contributed by atoms with E-state index >= 15 is 0 Å². The van der Waals surface area contributed by atoms with Gasteiger partial charge in [0.1, 0.15) is 0 Å². The van der Waals surface area contributed by atoms with Gasteiger partial charge in [-0.25, -0.2) is 9.79 Å². The van der Waals surface area contributed by atoms with E-state index in [1.54, 1.807) is 0 Å². The van der Waals surface area contributed by atoms with Crippen molar-refractivity contribution >= 4 is 23.2 Å². The summed E-state index contributed by atoms with van der Waals surface area (Å²) < 4.78 is 5.87. The van der Waals surface area contributed by atoms with Crippen LogP contribution in [-0.4, -0.2) is 45.6 Å². The predicted molar refractivity (Wildman–Crippen MR) is 140 cm³/mol. The summed E-state index contributed by atoms with van der Waals surface area (Å²) in [5.74, 6) is -0.305. The Labute approximate surface area is 202 Å². The van der Waals surface area contributed by atoms with E-state index in [1.165, 1.54) is 0 Å². The van der Waals surface area contributed by atoms with Crippen LogP contribution in [0, 0.1) is 5.92 Å². The molecule has 4 rings (SSSR count). The maximum atomic E-state index is 13.7. The summed E-state index contributed by atoms with van der Waals surface area (Å²) in [6.45, 7) is 4.10. The summed E-state index contributed by atoms with van der Waals surface area (Å²) in [6.07, 6.45) is 0. The van der Waals surface area contributed by atoms with Crippen LogP contribution < -0.4 is 9.80 Å². The number of carbonyl (C=O) groups excluding carboxylic acids is 1. The molecular formula is C29H33N3O2. The predicted octanol–water partition coefficient (Wildman–Crippen LogP) is 5.35. The van der Waals surface area contributed by atoms with Crippen molar-refractivity contribution in [2.45, 2.75) is 25.3 Å². The van der Waals surface area contributed by atoms with Gasteiger partial charge in [-0.3, -0.25) is 0 Å². The molecule has 1 atom stereocenters. The van der Waals surface area contributed by atoms with Crippen molar-refractivity contribution in [3.05, 3.63) is 95.6 Å². The number of esters is 1. The van der Waals surface area contributed by atoms with Crippen LogP contribution in [0.2, 0.25) is 0 Å². The third-order valence-electron chi connectivity index (χ3n) is 6.63. The minimum atomic E-state index is -1.08. The van der Waals surface area contributed by atoms with E-state index in [0.29, 0.717) is 5.90 Å². The monoisotopic (exact) mass is 455 g/mol. The average molecular weight is 456 g/mol. The first-order chi connectivity index (χ1) is 16.2. The smallest absolute Gasteiger partial charge is 0.342 e. The number of benzene rings is 3. The number of ether oxygens (including phenoxy) is 1. The van der Waals surface area contributed by atoms with Crippen molar-refractivity contribution in [3.8, 4) is 0 Å². The lowest BCUT2D eigenvalue weighted by molar-refractivity contribution is -0.141. The average Bonchev–Trinajstić information content (AvgIpc) is 3.18. The molecule has 0 aliphatic carbocycles. The van der Waals surface area contributed by atoms with E-state index < -0.39 is 5.54 Å². The van der Waals surface area contributed by atoms with Gasteiger partial charge in [-0.05, 0) is 53.4 Å². The highest BCUT2D eigenvalue weighted by molar-refractivity contribution is 6.08. The highest BCUT2D eigenvalue weighted by Crippen LogP contribution is 2.46. The standard InChI is InChI=1S/C29H33N3O2/c1-20(2)29(28(33)34-27(30-29)23-10-8-7-9-11-23)26(21-12-16-24(17-13-21)31(3)4)22-14-18-25(19-15-22)32(5)6/h7-20,26H,1-6H3. The van der Waals surface area contributed by atoms with Gasteiger partial charge in [0.2, 0.25) is 5.90 Å². The van der Waals surface area contributed by atoms with Crippen LogP contribution >= 0.6 is 0 Å². The Morgan fingerprint density at radius 3 is 1.62 bits per heavy atom. The molecule has 0 amide bonds. The summed E-state index contributed by atoms with van der Waals surface area (Å²) >= 11 is 0. The molecule has 3 aromatic rings. The van der Waals surface area contributed by atoms with Crippen molar-refractivity contribution in [1.82, 2.24) is 0 Å². The first-order valence-electron chi connectivity index (χ1n) is 11.7. The molecule has 0 spiro atoms. The molecule has 0 aromatic heterocycles. The summed E-state index contributed by atoms with van der Waals surface area (Å²) in [5.41, 5.74) is 4.00. The first kappa shape index (κ1) is 23.6. The Morgan fingerprint density at radius 1 is 0.735 bits per heavy atom. The molecule has 0 fully saturated rings. The zero-order valence-electron chi connectivity index (χ0n) is 20.8. The number of cyclic esters (lactones) is 1. The van der Waals surface area contributed by atoms with Crippen LogP contribution in [0.3, 0.4) is 0 Å². The molecule has 3 aromatic carbocycles. The second kappa shape index (κ2) is 9.34. The molecule has 0 radical (unpaired) electrons. The molecule has 0 bridgehead atoms. The zero-order chi connectivity index (χ0) is 24.5. The minimum Gasteiger partial charge on any atom is -0.405 e. The molecule has 34 heavy (non-hydrogen) atoms. The van der Waals surface area contributed by atoms with Gasteiger partial charge in [-0.15, -0.1) is 0 Å². The fourth-order valence-corrected chi connectivity index (χ4v) is 4.62. The fraction of sp³-hybridized carbons (Fsp3) is 0.310. The maximum absolute atomic E-state index is 13.7. The van der Waals surface area contributed by atoms with Crippen molar-refractivity contribution in [1.29, 1.82) is 0 Å². The van der Waals surface area contributed by atoms with Crippen LogP contribution in [0.25, 0.3) is 0 Å². The van der Waals surface area contributed by atoms with Crippen molar-refractivity contribution in [2.75, 3.05) is 38.0 Å². The summed E-state index contributed by atoms with van der Waals surface area (Å²) in [4.78, 5) is 22.9. The third kappa shape index (κ3) is 4.18. The molecule has 1 aliphatic rings. The van der Waals surface area contributed by atoms with E-state index in [9.17, 15) is 4.79 Å². The van der Waals surface area contributed by atoms with Crippen molar-refractivity contribution < 1.29 is 9.53 Å². The van der Waals surface area contributed by atoms with Crippen LogP contribution in [0.15, 0.2) is 83.9 Å². The zero-order valence-corrected chi connectivity index (χ0v) is 20.8. The number of hydrogen-bond donors (Lipinski definition) is 0. The SMILES string of the molecule is CC(C)C1(C(c2ccc(N(C)C)cc2)c2ccc(N(C)C)cc2)N=C(c2ccccc2)OC1=O. The second-order valence-electron chi connectivity index (χ2n) is 9.56. The lowest BCUT2D eigenvalue weighted by Gasteiger charge is -2.36. The van der Waals surface area contributed by atoms with Gasteiger partial charge in [0.25, 0.3) is 0 Å². The lowest BCUT2D eigenvalue weighted by atomic mass is 9.69. The number of hydrogen-bond acceptors (Lipinski definition) is 5.